The van der Waals surface area contributed by atoms with E-state index in [1.807, 2.05) is 18.2 Å². The van der Waals surface area contributed by atoms with Gasteiger partial charge < -0.3 is 10.1 Å². The molecule has 1 aliphatic carbocycles. The van der Waals surface area contributed by atoms with Gasteiger partial charge in [-0.15, -0.1) is 0 Å². The number of nitrogens with zero attached hydrogens (tertiary/aromatic N) is 1. The second-order valence-corrected chi connectivity index (χ2v) is 5.67. The Bertz CT molecular complexity index is 551. The van der Waals surface area contributed by atoms with Crippen LogP contribution in [-0.2, 0) is 22.7 Å². The molecule has 1 aromatic rings. The van der Waals surface area contributed by atoms with Gasteiger partial charge in [-0.3, -0.25) is 14.5 Å². The number of benzene rings is 1. The first-order valence-corrected chi connectivity index (χ1v) is 7.40. The molecule has 2 fully saturated rings. The highest BCUT2D eigenvalue weighted by Gasteiger charge is 2.29. The molecule has 1 saturated heterocycles. The van der Waals surface area contributed by atoms with Crippen LogP contribution in [-0.4, -0.2) is 29.9 Å². The number of ether oxygens (including phenoxy) is 1. The Morgan fingerprint density at radius 1 is 1.24 bits per heavy atom. The molecule has 21 heavy (non-hydrogen) atoms. The van der Waals surface area contributed by atoms with Crippen LogP contribution in [0, 0.1) is 0 Å². The van der Waals surface area contributed by atoms with Crippen LogP contribution >= 0.6 is 0 Å². The summed E-state index contributed by atoms with van der Waals surface area (Å²) in [7, 11) is 1.61. The van der Waals surface area contributed by atoms with Crippen LogP contribution in [0.3, 0.4) is 0 Å². The number of nitrogens with one attached hydrogen (secondary N) is 1. The zero-order valence-corrected chi connectivity index (χ0v) is 12.2. The van der Waals surface area contributed by atoms with Crippen molar-refractivity contribution in [2.45, 2.75) is 44.8 Å². The maximum Gasteiger partial charge on any atom is 0.230 e. The topological polar surface area (TPSA) is 58.6 Å². The van der Waals surface area contributed by atoms with E-state index in [0.717, 1.165) is 23.4 Å². The van der Waals surface area contributed by atoms with Gasteiger partial charge in [0.15, 0.2) is 0 Å². The van der Waals surface area contributed by atoms with E-state index in [9.17, 15) is 9.59 Å². The number of carbonyl (C=O) groups is 2. The molecule has 0 aromatic heterocycles. The maximum absolute atomic E-state index is 11.7. The summed E-state index contributed by atoms with van der Waals surface area (Å²) in [6.45, 7) is 1.11. The van der Waals surface area contributed by atoms with Gasteiger partial charge in [-0.05, 0) is 30.5 Å². The summed E-state index contributed by atoms with van der Waals surface area (Å²) in [5.74, 6) is 0.532. The Balaban J connectivity index is 1.75. The molecule has 2 amide bonds. The van der Waals surface area contributed by atoms with Crippen molar-refractivity contribution in [3.8, 4) is 5.75 Å². The van der Waals surface area contributed by atoms with E-state index in [2.05, 4.69) is 5.32 Å². The summed E-state index contributed by atoms with van der Waals surface area (Å²) in [6.07, 6.45) is 3.15. The lowest BCUT2D eigenvalue weighted by Gasteiger charge is -2.17. The molecule has 0 radical (unpaired) electrons. The van der Waals surface area contributed by atoms with Crippen LogP contribution in [0.15, 0.2) is 18.2 Å². The minimum Gasteiger partial charge on any atom is -0.496 e. The monoisotopic (exact) mass is 288 g/mol. The molecule has 0 spiro atoms. The zero-order valence-electron chi connectivity index (χ0n) is 12.2. The fraction of sp³-hybridized carbons (Fsp3) is 0.500. The normalized spacial score (nSPS) is 18.4. The highest BCUT2D eigenvalue weighted by Crippen LogP contribution is 2.25. The van der Waals surface area contributed by atoms with Gasteiger partial charge in [-0.25, -0.2) is 0 Å². The smallest absolute Gasteiger partial charge is 0.230 e. The SMILES string of the molecule is COc1ccc(CNC2CC2)cc1CN1C(=O)CCC1=O. The third-order valence-electron chi connectivity index (χ3n) is 4.00. The molecule has 1 saturated carbocycles. The first-order chi connectivity index (χ1) is 10.2. The van der Waals surface area contributed by atoms with Gasteiger partial charge in [0, 0.05) is 31.0 Å². The first kappa shape index (κ1) is 14.1. The van der Waals surface area contributed by atoms with E-state index in [4.69, 9.17) is 4.74 Å². The van der Waals surface area contributed by atoms with Gasteiger partial charge in [0.1, 0.15) is 5.75 Å². The average molecular weight is 288 g/mol. The third-order valence-corrected chi connectivity index (χ3v) is 4.00. The number of rotatable bonds is 6. The predicted octanol–water partition coefficient (Wildman–Crippen LogP) is 1.60. The van der Waals surface area contributed by atoms with Gasteiger partial charge in [0.05, 0.1) is 13.7 Å². The fourth-order valence-electron chi connectivity index (χ4n) is 2.58. The van der Waals surface area contributed by atoms with Gasteiger partial charge in [-0.2, -0.15) is 0 Å². The molecule has 0 bridgehead atoms. The van der Waals surface area contributed by atoms with Crippen molar-refractivity contribution in [3.63, 3.8) is 0 Å². The van der Waals surface area contributed by atoms with Crippen molar-refractivity contribution in [2.24, 2.45) is 0 Å². The molecule has 5 heteroatoms. The van der Waals surface area contributed by atoms with Crippen molar-refractivity contribution in [2.75, 3.05) is 7.11 Å². The van der Waals surface area contributed by atoms with Crippen LogP contribution in [0.25, 0.3) is 0 Å². The van der Waals surface area contributed by atoms with E-state index in [1.54, 1.807) is 7.11 Å². The minimum absolute atomic E-state index is 0.0939. The maximum atomic E-state index is 11.7. The number of hydrogen-bond donors (Lipinski definition) is 1. The summed E-state index contributed by atoms with van der Waals surface area (Å²) in [4.78, 5) is 24.8. The standard InChI is InChI=1S/C16H20N2O3/c1-21-14-5-2-11(9-17-13-3-4-13)8-12(14)10-18-15(19)6-7-16(18)20/h2,5,8,13,17H,3-4,6-7,9-10H2,1H3. The minimum atomic E-state index is -0.0939. The lowest BCUT2D eigenvalue weighted by Crippen LogP contribution is -2.28. The molecule has 0 unspecified atom stereocenters. The molecule has 1 aliphatic heterocycles. The van der Waals surface area contributed by atoms with Gasteiger partial charge in [0.25, 0.3) is 0 Å². The van der Waals surface area contributed by atoms with Crippen LogP contribution in [0.1, 0.15) is 36.8 Å². The molecule has 1 aromatic carbocycles. The van der Waals surface area contributed by atoms with E-state index in [1.165, 1.54) is 17.7 Å². The van der Waals surface area contributed by atoms with Crippen LogP contribution in [0.5, 0.6) is 5.75 Å². The predicted molar refractivity (Wildman–Crippen MR) is 77.6 cm³/mol. The lowest BCUT2D eigenvalue weighted by molar-refractivity contribution is -0.139. The van der Waals surface area contributed by atoms with Crippen LogP contribution in [0.4, 0.5) is 0 Å². The largest absolute Gasteiger partial charge is 0.496 e. The summed E-state index contributed by atoms with van der Waals surface area (Å²) in [5.41, 5.74) is 2.04. The Hall–Kier alpha value is -1.88. The Kier molecular flexibility index (Phi) is 3.92. The van der Waals surface area contributed by atoms with Crippen LogP contribution in [0.2, 0.25) is 0 Å². The Morgan fingerprint density at radius 3 is 2.57 bits per heavy atom. The summed E-state index contributed by atoms with van der Waals surface area (Å²) < 4.78 is 5.35. The molecule has 112 valence electrons. The van der Waals surface area contributed by atoms with E-state index >= 15 is 0 Å². The fourth-order valence-corrected chi connectivity index (χ4v) is 2.58. The Labute approximate surface area is 124 Å². The number of hydrogen-bond acceptors (Lipinski definition) is 4. The van der Waals surface area contributed by atoms with E-state index in [-0.39, 0.29) is 11.8 Å². The highest BCUT2D eigenvalue weighted by molar-refractivity contribution is 6.01. The lowest BCUT2D eigenvalue weighted by atomic mass is 10.1. The second kappa shape index (κ2) is 5.85. The van der Waals surface area contributed by atoms with Crippen molar-refractivity contribution >= 4 is 11.8 Å². The van der Waals surface area contributed by atoms with E-state index < -0.39 is 0 Å². The molecule has 1 heterocycles. The number of likely N-dealkylation sites (tertiary alicyclic amines) is 1. The second-order valence-electron chi connectivity index (χ2n) is 5.67. The van der Waals surface area contributed by atoms with Crippen molar-refractivity contribution < 1.29 is 14.3 Å². The van der Waals surface area contributed by atoms with Crippen molar-refractivity contribution in [1.29, 1.82) is 0 Å². The molecular weight excluding hydrogens is 268 g/mol. The first-order valence-electron chi connectivity index (χ1n) is 7.40. The molecule has 3 rings (SSSR count). The number of carbonyl (C=O) groups excluding carboxylic acids is 2. The summed E-state index contributed by atoms with van der Waals surface area (Å²) in [5, 5.41) is 3.46. The highest BCUT2D eigenvalue weighted by atomic mass is 16.5. The average Bonchev–Trinajstić information content (AvgIpc) is 3.27. The molecule has 1 N–H and O–H groups in total. The number of amides is 2. The molecular formula is C16H20N2O3. The quantitative estimate of drug-likeness (QED) is 0.808. The third kappa shape index (κ3) is 3.24. The van der Waals surface area contributed by atoms with E-state index in [0.29, 0.717) is 25.4 Å². The number of imide groups is 1. The van der Waals surface area contributed by atoms with Crippen molar-refractivity contribution in [1.82, 2.24) is 10.2 Å². The Morgan fingerprint density at radius 2 is 1.95 bits per heavy atom. The number of methoxy groups -OCH3 is 1. The summed E-state index contributed by atoms with van der Waals surface area (Å²) in [6, 6.07) is 6.60. The van der Waals surface area contributed by atoms with Crippen molar-refractivity contribution in [3.05, 3.63) is 29.3 Å². The molecule has 0 atom stereocenters. The molecule has 5 nitrogen and oxygen atoms in total. The van der Waals surface area contributed by atoms with Crippen LogP contribution < -0.4 is 10.1 Å². The molecule has 2 aliphatic rings. The van der Waals surface area contributed by atoms with Gasteiger partial charge >= 0.3 is 0 Å². The zero-order chi connectivity index (χ0) is 14.8. The van der Waals surface area contributed by atoms with Gasteiger partial charge in [-0.1, -0.05) is 6.07 Å². The summed E-state index contributed by atoms with van der Waals surface area (Å²) >= 11 is 0. The van der Waals surface area contributed by atoms with Gasteiger partial charge in [0.2, 0.25) is 11.8 Å².